The Kier molecular flexibility index (Phi) is 12.0. The van der Waals surface area contributed by atoms with Gasteiger partial charge in [0, 0.05) is 24.5 Å². The number of halogens is 2. The first kappa shape index (κ1) is 34.0. The van der Waals surface area contributed by atoms with Crippen LogP contribution in [0.15, 0.2) is 108 Å². The van der Waals surface area contributed by atoms with Crippen LogP contribution >= 0.6 is 23.2 Å². The molecule has 0 bridgehead atoms. The molecule has 0 saturated carbocycles. The fourth-order valence-electron chi connectivity index (χ4n) is 4.90. The summed E-state index contributed by atoms with van der Waals surface area (Å²) in [5, 5.41) is 3.63. The second kappa shape index (κ2) is 15.9. The van der Waals surface area contributed by atoms with Crippen molar-refractivity contribution in [2.45, 2.75) is 50.6 Å². The Morgan fingerprint density at radius 3 is 2.18 bits per heavy atom. The van der Waals surface area contributed by atoms with Gasteiger partial charge in [0.1, 0.15) is 12.6 Å². The number of nitrogens with one attached hydrogen (secondary N) is 1. The lowest BCUT2D eigenvalue weighted by atomic mass is 10.0. The Morgan fingerprint density at radius 1 is 0.844 bits per heavy atom. The van der Waals surface area contributed by atoms with Gasteiger partial charge in [-0.2, -0.15) is 0 Å². The van der Waals surface area contributed by atoms with Crippen molar-refractivity contribution in [3.63, 3.8) is 0 Å². The molecule has 236 valence electrons. The van der Waals surface area contributed by atoms with Gasteiger partial charge >= 0.3 is 0 Å². The summed E-state index contributed by atoms with van der Waals surface area (Å²) < 4.78 is 29.3. The Bertz CT molecular complexity index is 1700. The van der Waals surface area contributed by atoms with Gasteiger partial charge in [-0.15, -0.1) is 0 Å². The van der Waals surface area contributed by atoms with E-state index in [1.807, 2.05) is 50.2 Å². The number of amides is 2. The predicted octanol–water partition coefficient (Wildman–Crippen LogP) is 7.05. The van der Waals surface area contributed by atoms with Crippen molar-refractivity contribution in [2.75, 3.05) is 17.4 Å². The summed E-state index contributed by atoms with van der Waals surface area (Å²) in [7, 11) is -4.24. The minimum atomic E-state index is -4.24. The molecule has 4 aromatic carbocycles. The van der Waals surface area contributed by atoms with Gasteiger partial charge in [0.05, 0.1) is 15.6 Å². The quantitative estimate of drug-likeness (QED) is 0.146. The number of carbonyl (C=O) groups excluding carboxylic acids is 2. The number of nitrogens with zero attached hydrogens (tertiary/aromatic N) is 2. The molecular formula is C35H37Cl2N3O4S. The van der Waals surface area contributed by atoms with Crippen LogP contribution in [0.2, 0.25) is 10.0 Å². The third-order valence-electron chi connectivity index (χ3n) is 7.35. The summed E-state index contributed by atoms with van der Waals surface area (Å²) in [6, 6.07) is 28.4. The monoisotopic (exact) mass is 665 g/mol. The summed E-state index contributed by atoms with van der Waals surface area (Å²) in [4.78, 5) is 29.7. The molecule has 0 fully saturated rings. The lowest BCUT2D eigenvalue weighted by Gasteiger charge is -2.34. The van der Waals surface area contributed by atoms with E-state index in [0.29, 0.717) is 17.1 Å². The molecule has 1 N–H and O–H groups in total. The molecule has 0 unspecified atom stereocenters. The van der Waals surface area contributed by atoms with Crippen LogP contribution in [0.1, 0.15) is 36.5 Å². The van der Waals surface area contributed by atoms with Crippen molar-refractivity contribution in [3.8, 4) is 0 Å². The Morgan fingerprint density at radius 2 is 1.51 bits per heavy atom. The zero-order valence-corrected chi connectivity index (χ0v) is 27.7. The predicted molar refractivity (Wildman–Crippen MR) is 181 cm³/mol. The Hall–Kier alpha value is -3.85. The molecule has 0 radical (unpaired) electrons. The molecule has 0 aromatic heterocycles. The Labute approximate surface area is 275 Å². The first-order chi connectivity index (χ1) is 21.6. The fourth-order valence-corrected chi connectivity index (χ4v) is 6.83. The van der Waals surface area contributed by atoms with E-state index in [-0.39, 0.29) is 34.5 Å². The third kappa shape index (κ3) is 9.10. The van der Waals surface area contributed by atoms with Gasteiger partial charge < -0.3 is 10.2 Å². The molecule has 45 heavy (non-hydrogen) atoms. The highest BCUT2D eigenvalue weighted by Crippen LogP contribution is 2.31. The number of hydrogen-bond acceptors (Lipinski definition) is 4. The molecule has 2 amide bonds. The molecule has 4 aromatic rings. The zero-order chi connectivity index (χ0) is 32.4. The number of rotatable bonds is 14. The second-order valence-electron chi connectivity index (χ2n) is 10.8. The molecule has 0 spiro atoms. The van der Waals surface area contributed by atoms with Crippen LogP contribution in [-0.4, -0.2) is 44.3 Å². The van der Waals surface area contributed by atoms with Crippen LogP contribution in [0, 0.1) is 6.92 Å². The number of hydrogen-bond donors (Lipinski definition) is 1. The van der Waals surface area contributed by atoms with Gasteiger partial charge in [-0.25, -0.2) is 8.42 Å². The van der Waals surface area contributed by atoms with Crippen molar-refractivity contribution >= 4 is 50.7 Å². The van der Waals surface area contributed by atoms with Crippen LogP contribution in [0.25, 0.3) is 0 Å². The minimum absolute atomic E-state index is 0.0142. The van der Waals surface area contributed by atoms with Crippen LogP contribution in [0.5, 0.6) is 0 Å². The molecule has 0 heterocycles. The van der Waals surface area contributed by atoms with Crippen molar-refractivity contribution in [2.24, 2.45) is 0 Å². The second-order valence-corrected chi connectivity index (χ2v) is 13.5. The smallest absolute Gasteiger partial charge is 0.264 e. The first-order valence-electron chi connectivity index (χ1n) is 14.8. The molecule has 0 saturated heterocycles. The molecule has 7 nitrogen and oxygen atoms in total. The third-order valence-corrected chi connectivity index (χ3v) is 9.68. The number of para-hydroxylation sites is 1. The van der Waals surface area contributed by atoms with Gasteiger partial charge in [-0.05, 0) is 60.9 Å². The van der Waals surface area contributed by atoms with E-state index >= 15 is 0 Å². The lowest BCUT2D eigenvalue weighted by Crippen LogP contribution is -2.53. The van der Waals surface area contributed by atoms with Crippen LogP contribution < -0.4 is 9.62 Å². The van der Waals surface area contributed by atoms with Gasteiger partial charge in [0.25, 0.3) is 10.0 Å². The highest BCUT2D eigenvalue weighted by molar-refractivity contribution is 7.92. The number of unbranched alkanes of at least 4 members (excludes halogenated alkanes) is 1. The summed E-state index contributed by atoms with van der Waals surface area (Å²) in [6.45, 7) is 3.78. The van der Waals surface area contributed by atoms with Crippen LogP contribution in [0.4, 0.5) is 5.69 Å². The average Bonchev–Trinajstić information content (AvgIpc) is 3.02. The average molecular weight is 667 g/mol. The van der Waals surface area contributed by atoms with Crippen molar-refractivity contribution in [1.82, 2.24) is 10.2 Å². The largest absolute Gasteiger partial charge is 0.354 e. The maximum absolute atomic E-state index is 14.5. The van der Waals surface area contributed by atoms with Gasteiger partial charge in [0.15, 0.2) is 0 Å². The summed E-state index contributed by atoms with van der Waals surface area (Å²) in [6.07, 6.45) is 1.89. The first-order valence-corrected chi connectivity index (χ1v) is 17.0. The molecule has 0 aliphatic carbocycles. The minimum Gasteiger partial charge on any atom is -0.354 e. The van der Waals surface area contributed by atoms with Gasteiger partial charge in [-0.3, -0.25) is 13.9 Å². The summed E-state index contributed by atoms with van der Waals surface area (Å²) in [5.41, 5.74) is 2.59. The van der Waals surface area contributed by atoms with E-state index < -0.39 is 28.5 Å². The van der Waals surface area contributed by atoms with Crippen LogP contribution in [-0.2, 0) is 32.6 Å². The Balaban J connectivity index is 1.80. The number of sulfonamides is 1. The standard InChI is InChI=1S/C35H37Cl2N3O4S/c1-3-4-21-38-35(42)33(23-27-11-6-5-7-12-27)39(24-28-13-10-14-29(36)22-28)34(41)25-40(32-16-9-8-15-31(32)37)45(43,44)30-19-17-26(2)18-20-30/h5-20,22,33H,3-4,21,23-25H2,1-2H3,(H,38,42)/t33-/m1/s1. The van der Waals surface area contributed by atoms with E-state index in [1.165, 1.54) is 17.0 Å². The van der Waals surface area contributed by atoms with Gasteiger partial charge in [0.2, 0.25) is 11.8 Å². The molecular weight excluding hydrogens is 629 g/mol. The van der Waals surface area contributed by atoms with E-state index in [9.17, 15) is 18.0 Å². The maximum atomic E-state index is 14.5. The number of aryl methyl sites for hydroxylation is 1. The number of anilines is 1. The number of carbonyl (C=O) groups is 2. The van der Waals surface area contributed by atoms with Crippen molar-refractivity contribution < 1.29 is 18.0 Å². The van der Waals surface area contributed by atoms with E-state index in [2.05, 4.69) is 5.32 Å². The van der Waals surface area contributed by atoms with Gasteiger partial charge in [-0.1, -0.05) is 109 Å². The number of benzene rings is 4. The molecule has 4 rings (SSSR count). The molecule has 0 aliphatic rings. The van der Waals surface area contributed by atoms with E-state index in [4.69, 9.17) is 23.2 Å². The van der Waals surface area contributed by atoms with Crippen molar-refractivity contribution in [1.29, 1.82) is 0 Å². The summed E-state index contributed by atoms with van der Waals surface area (Å²) in [5.74, 6) is -0.898. The van der Waals surface area contributed by atoms with Crippen LogP contribution in [0.3, 0.4) is 0 Å². The van der Waals surface area contributed by atoms with E-state index in [1.54, 1.807) is 54.6 Å². The summed E-state index contributed by atoms with van der Waals surface area (Å²) >= 11 is 12.8. The fraction of sp³-hybridized carbons (Fsp3) is 0.257. The molecule has 1 atom stereocenters. The molecule has 10 heteroatoms. The topological polar surface area (TPSA) is 86.8 Å². The zero-order valence-electron chi connectivity index (χ0n) is 25.3. The highest BCUT2D eigenvalue weighted by Gasteiger charge is 2.35. The van der Waals surface area contributed by atoms with Crippen molar-refractivity contribution in [3.05, 3.63) is 130 Å². The van der Waals surface area contributed by atoms with E-state index in [0.717, 1.165) is 28.3 Å². The highest BCUT2D eigenvalue weighted by atomic mass is 35.5. The molecule has 0 aliphatic heterocycles. The lowest BCUT2D eigenvalue weighted by molar-refractivity contribution is -0.140. The normalized spacial score (nSPS) is 11.9. The SMILES string of the molecule is CCCCNC(=O)[C@@H](Cc1ccccc1)N(Cc1cccc(Cl)c1)C(=O)CN(c1ccccc1Cl)S(=O)(=O)c1ccc(C)cc1. The maximum Gasteiger partial charge on any atom is 0.264 e.